The van der Waals surface area contributed by atoms with E-state index < -0.39 is 0 Å². The van der Waals surface area contributed by atoms with Gasteiger partial charge in [0.1, 0.15) is 17.1 Å². The summed E-state index contributed by atoms with van der Waals surface area (Å²) in [4.78, 5) is 15.6. The maximum absolute atomic E-state index is 6.57. The Kier molecular flexibility index (Phi) is 5.14. The predicted molar refractivity (Wildman–Crippen MR) is 205 cm³/mol. The van der Waals surface area contributed by atoms with Gasteiger partial charge in [-0.15, -0.1) is 0 Å². The van der Waals surface area contributed by atoms with Crippen molar-refractivity contribution in [1.82, 2.24) is 19.5 Å². The van der Waals surface area contributed by atoms with Crippen molar-refractivity contribution in [3.8, 4) is 39.8 Å². The minimum atomic E-state index is 0.514. The molecule has 0 aliphatic carbocycles. The zero-order chi connectivity index (χ0) is 33.2. The molecule has 5 heterocycles. The van der Waals surface area contributed by atoms with Gasteiger partial charge in [-0.3, -0.25) is 9.55 Å². The number of hydrogen-bond acceptors (Lipinski definition) is 5. The average molecular weight is 653 g/mol. The molecule has 0 fully saturated rings. The minimum Gasteiger partial charge on any atom is -0.456 e. The van der Waals surface area contributed by atoms with Gasteiger partial charge in [0.2, 0.25) is 11.7 Å². The van der Waals surface area contributed by atoms with E-state index in [2.05, 4.69) is 108 Å². The van der Waals surface area contributed by atoms with E-state index in [9.17, 15) is 0 Å². The van der Waals surface area contributed by atoms with E-state index in [1.54, 1.807) is 0 Å². The number of para-hydroxylation sites is 2. The van der Waals surface area contributed by atoms with Crippen LogP contribution in [0.3, 0.4) is 0 Å². The van der Waals surface area contributed by atoms with Crippen LogP contribution in [0.4, 0.5) is 0 Å². The summed E-state index contributed by atoms with van der Waals surface area (Å²) in [5.41, 5.74) is 8.04. The second kappa shape index (κ2) is 9.77. The third-order valence-electron chi connectivity index (χ3n) is 10.4. The van der Waals surface area contributed by atoms with Crippen LogP contribution in [0.15, 0.2) is 150 Å². The Morgan fingerprint density at radius 3 is 2.27 bits per heavy atom. The van der Waals surface area contributed by atoms with Gasteiger partial charge in [-0.2, -0.15) is 4.98 Å². The normalized spacial score (nSPS) is 12.5. The molecule has 0 N–H and O–H groups in total. The third kappa shape index (κ3) is 3.63. The molecule has 0 atom stereocenters. The number of furan rings is 1. The molecular formula is C45H24N4O2. The van der Waals surface area contributed by atoms with Crippen LogP contribution in [0.25, 0.3) is 105 Å². The molecule has 0 radical (unpaired) electrons. The van der Waals surface area contributed by atoms with Crippen LogP contribution in [0.5, 0.6) is 11.5 Å². The number of ether oxygens (including phenoxy) is 1. The Balaban J connectivity index is 1.22. The SMILES string of the molecule is c1ccc2c(c1)Oc1cc3c4ncccc4n(-c4nc(-c5ccc6ccc7ccccc7c6c5)c5c(n4)oc4ccccc45)c3c3cccc-2c13. The second-order valence-electron chi connectivity index (χ2n) is 13.2. The van der Waals surface area contributed by atoms with Crippen molar-refractivity contribution < 1.29 is 9.15 Å². The van der Waals surface area contributed by atoms with Crippen molar-refractivity contribution in [2.75, 3.05) is 0 Å². The predicted octanol–water partition coefficient (Wildman–Crippen LogP) is 11.8. The van der Waals surface area contributed by atoms with Crippen molar-refractivity contribution >= 4 is 76.3 Å². The molecule has 0 saturated carbocycles. The molecule has 0 bridgehead atoms. The van der Waals surface area contributed by atoms with E-state index in [-0.39, 0.29) is 0 Å². The molecule has 0 unspecified atom stereocenters. The summed E-state index contributed by atoms with van der Waals surface area (Å²) in [7, 11) is 0. The summed E-state index contributed by atoms with van der Waals surface area (Å²) in [6, 6.07) is 48.4. The van der Waals surface area contributed by atoms with Gasteiger partial charge >= 0.3 is 0 Å². The minimum absolute atomic E-state index is 0.514. The molecule has 1 aliphatic heterocycles. The highest BCUT2D eigenvalue weighted by Gasteiger charge is 2.27. The van der Waals surface area contributed by atoms with Gasteiger partial charge in [0.25, 0.3) is 0 Å². The van der Waals surface area contributed by atoms with Crippen molar-refractivity contribution in [3.63, 3.8) is 0 Å². The molecule has 6 nitrogen and oxygen atoms in total. The number of aromatic nitrogens is 4. The fraction of sp³-hybridized carbons (Fsp3) is 0. The summed E-state index contributed by atoms with van der Waals surface area (Å²) in [6.07, 6.45) is 1.84. The zero-order valence-electron chi connectivity index (χ0n) is 27.0. The summed E-state index contributed by atoms with van der Waals surface area (Å²) in [5, 5.41) is 9.69. The maximum atomic E-state index is 6.57. The summed E-state index contributed by atoms with van der Waals surface area (Å²) in [5.74, 6) is 2.18. The molecule has 11 aromatic rings. The first-order valence-corrected chi connectivity index (χ1v) is 17.0. The molecular weight excluding hydrogens is 629 g/mol. The van der Waals surface area contributed by atoms with E-state index in [1.807, 2.05) is 42.6 Å². The highest BCUT2D eigenvalue weighted by atomic mass is 16.5. The van der Waals surface area contributed by atoms with Crippen molar-refractivity contribution in [1.29, 1.82) is 0 Å². The average Bonchev–Trinajstić information content (AvgIpc) is 3.73. The Morgan fingerprint density at radius 1 is 0.529 bits per heavy atom. The van der Waals surface area contributed by atoms with Gasteiger partial charge < -0.3 is 9.15 Å². The molecule has 7 aromatic carbocycles. The Labute approximate surface area is 289 Å². The maximum Gasteiger partial charge on any atom is 0.238 e. The van der Waals surface area contributed by atoms with Gasteiger partial charge in [-0.05, 0) is 63.5 Å². The molecule has 0 spiro atoms. The van der Waals surface area contributed by atoms with Crippen LogP contribution in [0.2, 0.25) is 0 Å². The standard InChI is InChI=1S/C45H24N4O2/c1-2-10-28-25(9-1)18-19-26-20-21-27(23-33(26)28)41-40-31-12-4-6-17-37(31)51-44(40)48-45(47-41)49-35-15-8-22-46-42(35)34-24-38-39-30(13-7-14-32(39)43(34)49)29-11-3-5-16-36(29)50-38/h1-24H. The fourth-order valence-corrected chi connectivity index (χ4v) is 8.24. The van der Waals surface area contributed by atoms with Crippen molar-refractivity contribution in [2.24, 2.45) is 0 Å². The van der Waals surface area contributed by atoms with E-state index >= 15 is 0 Å². The Bertz CT molecular complexity index is 3300. The first-order chi connectivity index (χ1) is 25.3. The molecule has 12 rings (SSSR count). The largest absolute Gasteiger partial charge is 0.456 e. The first-order valence-electron chi connectivity index (χ1n) is 17.0. The number of nitrogens with zero attached hydrogens (tertiary/aromatic N) is 4. The highest BCUT2D eigenvalue weighted by molar-refractivity contribution is 6.22. The van der Waals surface area contributed by atoms with E-state index in [1.165, 1.54) is 21.5 Å². The molecule has 236 valence electrons. The van der Waals surface area contributed by atoms with Gasteiger partial charge in [0, 0.05) is 38.9 Å². The topological polar surface area (TPSA) is 66.0 Å². The number of fused-ring (bicyclic) bond motifs is 12. The quantitative estimate of drug-likeness (QED) is 0.174. The monoisotopic (exact) mass is 652 g/mol. The van der Waals surface area contributed by atoms with Crippen LogP contribution in [-0.2, 0) is 0 Å². The number of rotatable bonds is 2. The molecule has 0 amide bonds. The first kappa shape index (κ1) is 26.9. The molecule has 51 heavy (non-hydrogen) atoms. The molecule has 4 aromatic heterocycles. The lowest BCUT2D eigenvalue weighted by molar-refractivity contribution is 0.487. The van der Waals surface area contributed by atoms with Gasteiger partial charge in [0.05, 0.1) is 27.6 Å². The van der Waals surface area contributed by atoms with Crippen LogP contribution in [-0.4, -0.2) is 19.5 Å². The second-order valence-corrected chi connectivity index (χ2v) is 13.2. The lowest BCUT2D eigenvalue weighted by Gasteiger charge is -2.22. The molecule has 0 saturated heterocycles. The van der Waals surface area contributed by atoms with Crippen LogP contribution >= 0.6 is 0 Å². The summed E-state index contributed by atoms with van der Waals surface area (Å²) < 4.78 is 15.2. The zero-order valence-corrected chi connectivity index (χ0v) is 27.0. The lowest BCUT2D eigenvalue weighted by atomic mass is 9.93. The van der Waals surface area contributed by atoms with Crippen molar-refractivity contribution in [2.45, 2.75) is 0 Å². The van der Waals surface area contributed by atoms with Crippen LogP contribution in [0, 0.1) is 0 Å². The van der Waals surface area contributed by atoms with E-state index in [0.717, 1.165) is 82.9 Å². The van der Waals surface area contributed by atoms with Crippen molar-refractivity contribution in [3.05, 3.63) is 146 Å². The Morgan fingerprint density at radius 2 is 1.31 bits per heavy atom. The van der Waals surface area contributed by atoms with Gasteiger partial charge in [0.15, 0.2) is 0 Å². The van der Waals surface area contributed by atoms with E-state index in [0.29, 0.717) is 11.7 Å². The van der Waals surface area contributed by atoms with E-state index in [4.69, 9.17) is 24.1 Å². The smallest absolute Gasteiger partial charge is 0.238 e. The summed E-state index contributed by atoms with van der Waals surface area (Å²) >= 11 is 0. The lowest BCUT2D eigenvalue weighted by Crippen LogP contribution is -2.04. The highest BCUT2D eigenvalue weighted by Crippen LogP contribution is 2.50. The van der Waals surface area contributed by atoms with Crippen LogP contribution in [0.1, 0.15) is 0 Å². The van der Waals surface area contributed by atoms with Crippen LogP contribution < -0.4 is 4.74 Å². The summed E-state index contributed by atoms with van der Waals surface area (Å²) in [6.45, 7) is 0. The number of pyridine rings is 1. The fourth-order valence-electron chi connectivity index (χ4n) is 8.24. The molecule has 1 aliphatic rings. The third-order valence-corrected chi connectivity index (χ3v) is 10.4. The number of benzene rings is 7. The van der Waals surface area contributed by atoms with Gasteiger partial charge in [-0.1, -0.05) is 103 Å². The van der Waals surface area contributed by atoms with Gasteiger partial charge in [-0.25, -0.2) is 4.98 Å². The molecule has 6 heteroatoms. The Hall–Kier alpha value is -7.05. The number of hydrogen-bond donors (Lipinski definition) is 0.